The van der Waals surface area contributed by atoms with Crippen molar-refractivity contribution in [3.8, 4) is 22.8 Å². The van der Waals surface area contributed by atoms with E-state index in [1.807, 2.05) is 48.8 Å². The zero-order valence-corrected chi connectivity index (χ0v) is 27.7. The Balaban J connectivity index is 0.00000343. The molecule has 0 spiro atoms. The Hall–Kier alpha value is -3.98. The number of nitrogens with zero attached hydrogens (tertiary/aromatic N) is 2. The van der Waals surface area contributed by atoms with E-state index in [0.717, 1.165) is 22.5 Å². The third kappa shape index (κ3) is 5.42. The van der Waals surface area contributed by atoms with Crippen LogP contribution in [0.5, 0.6) is 11.5 Å². The standard InChI is InChI=1S/C39H30N2OS.Pt/c1-38(2,3)28-21-23-40-34(26-28)27-12-10-14-30(24-27)42-31-15-11-13-29(25-31)39(37-20-8-9-22-41-37)32-16-4-6-18-35(32)43-36-19-7-5-17-33(36)39;/h4-23,26H,1-3H3;/q-2;+2. The largest absolute Gasteiger partial charge is 2.00 e. The Kier molecular flexibility index (Phi) is 8.33. The van der Waals surface area contributed by atoms with Gasteiger partial charge in [-0.05, 0) is 58.1 Å². The van der Waals surface area contributed by atoms with Crippen molar-refractivity contribution in [1.29, 1.82) is 0 Å². The smallest absolute Gasteiger partial charge is 0.503 e. The maximum absolute atomic E-state index is 6.46. The summed E-state index contributed by atoms with van der Waals surface area (Å²) in [5.74, 6) is 1.23. The zero-order valence-electron chi connectivity index (χ0n) is 24.7. The summed E-state index contributed by atoms with van der Waals surface area (Å²) in [6, 6.07) is 46.7. The molecule has 0 aliphatic carbocycles. The van der Waals surface area contributed by atoms with Gasteiger partial charge in [-0.25, -0.2) is 0 Å². The number of aromatic nitrogens is 2. The third-order valence-corrected chi connectivity index (χ3v) is 9.07. The van der Waals surface area contributed by atoms with Crippen LogP contribution in [0.2, 0.25) is 0 Å². The molecular formula is C39H30N2OPtS. The first-order chi connectivity index (χ1) is 20.9. The van der Waals surface area contributed by atoms with Crippen molar-refractivity contribution in [3.63, 3.8) is 0 Å². The van der Waals surface area contributed by atoms with Crippen LogP contribution in [0.3, 0.4) is 0 Å². The molecule has 4 aromatic carbocycles. The molecule has 6 aromatic rings. The molecule has 0 amide bonds. The molecule has 0 saturated carbocycles. The van der Waals surface area contributed by atoms with E-state index in [9.17, 15) is 0 Å². The molecule has 0 atom stereocenters. The number of hydrogen-bond acceptors (Lipinski definition) is 4. The predicted octanol–water partition coefficient (Wildman–Crippen LogP) is 9.68. The summed E-state index contributed by atoms with van der Waals surface area (Å²) in [6.07, 6.45) is 3.73. The van der Waals surface area contributed by atoms with E-state index in [0.29, 0.717) is 11.5 Å². The molecule has 0 fully saturated rings. The second kappa shape index (κ2) is 12.2. The van der Waals surface area contributed by atoms with Gasteiger partial charge in [0.15, 0.2) is 0 Å². The predicted molar refractivity (Wildman–Crippen MR) is 173 cm³/mol. The molecule has 7 rings (SSSR count). The number of fused-ring (bicyclic) bond motifs is 2. The Bertz CT molecular complexity index is 1890. The van der Waals surface area contributed by atoms with Gasteiger partial charge in [-0.15, -0.1) is 41.5 Å². The van der Waals surface area contributed by atoms with Crippen LogP contribution in [0, 0.1) is 12.1 Å². The number of ether oxygens (including phenoxy) is 1. The van der Waals surface area contributed by atoms with Crippen LogP contribution in [0.4, 0.5) is 0 Å². The molecule has 1 aliphatic heterocycles. The summed E-state index contributed by atoms with van der Waals surface area (Å²) in [6.45, 7) is 6.62. The fourth-order valence-electron chi connectivity index (χ4n) is 5.83. The van der Waals surface area contributed by atoms with Gasteiger partial charge < -0.3 is 9.72 Å². The van der Waals surface area contributed by atoms with Gasteiger partial charge in [0.05, 0.1) is 11.1 Å². The second-order valence-electron chi connectivity index (χ2n) is 11.7. The molecule has 0 N–H and O–H groups in total. The van der Waals surface area contributed by atoms with E-state index in [-0.39, 0.29) is 26.5 Å². The Morgan fingerprint density at radius 2 is 1.32 bits per heavy atom. The second-order valence-corrected chi connectivity index (χ2v) is 12.8. The number of pyridine rings is 2. The Morgan fingerprint density at radius 3 is 2.00 bits per heavy atom. The number of hydrogen-bond donors (Lipinski definition) is 0. The van der Waals surface area contributed by atoms with Crippen molar-refractivity contribution in [3.05, 3.63) is 168 Å². The van der Waals surface area contributed by atoms with Gasteiger partial charge in [0.25, 0.3) is 0 Å². The minimum Gasteiger partial charge on any atom is -0.503 e. The van der Waals surface area contributed by atoms with Crippen molar-refractivity contribution < 1.29 is 25.8 Å². The summed E-state index contributed by atoms with van der Waals surface area (Å²) in [7, 11) is 0. The average Bonchev–Trinajstić information content (AvgIpc) is 3.04. The van der Waals surface area contributed by atoms with Crippen LogP contribution in [0.25, 0.3) is 11.3 Å². The summed E-state index contributed by atoms with van der Waals surface area (Å²) in [5.41, 5.74) is 6.63. The van der Waals surface area contributed by atoms with Crippen molar-refractivity contribution in [2.45, 2.75) is 41.4 Å². The normalized spacial score (nSPS) is 13.2. The quantitative estimate of drug-likeness (QED) is 0.164. The molecule has 2 aromatic heterocycles. The van der Waals surface area contributed by atoms with Gasteiger partial charge in [0.2, 0.25) is 0 Å². The van der Waals surface area contributed by atoms with E-state index in [2.05, 4.69) is 117 Å². The average molecular weight is 770 g/mol. The topological polar surface area (TPSA) is 35.0 Å². The number of rotatable bonds is 5. The van der Waals surface area contributed by atoms with E-state index in [1.165, 1.54) is 26.5 Å². The van der Waals surface area contributed by atoms with Crippen LogP contribution in [0.15, 0.2) is 137 Å². The maximum Gasteiger partial charge on any atom is 2.00 e. The van der Waals surface area contributed by atoms with Crippen LogP contribution in [0.1, 0.15) is 48.7 Å². The number of benzene rings is 4. The van der Waals surface area contributed by atoms with Crippen LogP contribution in [-0.2, 0) is 31.9 Å². The van der Waals surface area contributed by atoms with E-state index >= 15 is 0 Å². The van der Waals surface area contributed by atoms with Gasteiger partial charge in [-0.1, -0.05) is 87.1 Å². The summed E-state index contributed by atoms with van der Waals surface area (Å²) in [4.78, 5) is 12.0. The van der Waals surface area contributed by atoms with E-state index in [4.69, 9.17) is 9.72 Å². The zero-order chi connectivity index (χ0) is 29.4. The fraction of sp³-hybridized carbons (Fsp3) is 0.128. The van der Waals surface area contributed by atoms with Gasteiger partial charge in [-0.3, -0.25) is 4.98 Å². The maximum atomic E-state index is 6.46. The van der Waals surface area contributed by atoms with Crippen molar-refractivity contribution >= 4 is 11.8 Å². The first-order valence-electron chi connectivity index (χ1n) is 14.4. The van der Waals surface area contributed by atoms with Gasteiger partial charge in [0.1, 0.15) is 0 Å². The molecule has 0 unspecified atom stereocenters. The summed E-state index contributed by atoms with van der Waals surface area (Å²) >= 11 is 1.80. The third-order valence-electron chi connectivity index (χ3n) is 7.91. The van der Waals surface area contributed by atoms with Gasteiger partial charge in [0, 0.05) is 33.7 Å². The summed E-state index contributed by atoms with van der Waals surface area (Å²) in [5, 5.41) is 0. The molecule has 0 saturated heterocycles. The first-order valence-corrected chi connectivity index (χ1v) is 15.2. The van der Waals surface area contributed by atoms with Crippen LogP contribution >= 0.6 is 11.8 Å². The fourth-order valence-corrected chi connectivity index (χ4v) is 7.02. The van der Waals surface area contributed by atoms with Crippen LogP contribution in [-0.4, -0.2) is 9.97 Å². The molecule has 44 heavy (non-hydrogen) atoms. The van der Waals surface area contributed by atoms with Gasteiger partial charge in [-0.2, -0.15) is 12.1 Å². The SMILES string of the molecule is CC(C)(C)c1ccnc(-c2[c-]c(Oc3[c-]c(C4(c5ccccn5)c5ccccc5Sc5ccccc54)ccc3)ccc2)c1.[Pt+2]. The summed E-state index contributed by atoms with van der Waals surface area (Å²) < 4.78 is 6.46. The van der Waals surface area contributed by atoms with Crippen molar-refractivity contribution in [2.24, 2.45) is 0 Å². The van der Waals surface area contributed by atoms with Gasteiger partial charge >= 0.3 is 21.1 Å². The minimum absolute atomic E-state index is 0. The van der Waals surface area contributed by atoms with Crippen molar-refractivity contribution in [2.75, 3.05) is 0 Å². The molecule has 0 radical (unpaired) electrons. The van der Waals surface area contributed by atoms with Crippen molar-refractivity contribution in [1.82, 2.24) is 9.97 Å². The molecular weight excluding hydrogens is 740 g/mol. The minimum atomic E-state index is -0.665. The Labute approximate surface area is 278 Å². The van der Waals surface area contributed by atoms with Crippen LogP contribution < -0.4 is 4.74 Å². The molecule has 5 heteroatoms. The molecule has 3 heterocycles. The Morgan fingerprint density at radius 1 is 0.659 bits per heavy atom. The molecule has 3 nitrogen and oxygen atoms in total. The first kappa shape index (κ1) is 30.1. The van der Waals surface area contributed by atoms with E-state index in [1.54, 1.807) is 11.8 Å². The molecule has 218 valence electrons. The molecule has 1 aliphatic rings. The van der Waals surface area contributed by atoms with E-state index < -0.39 is 5.41 Å². The molecule has 0 bridgehead atoms. The monoisotopic (exact) mass is 769 g/mol.